The summed E-state index contributed by atoms with van der Waals surface area (Å²) in [5.41, 5.74) is 0. The van der Waals surface area contributed by atoms with Crippen LogP contribution in [0.25, 0.3) is 0 Å². The standard InChI is InChI=1S/C9H18O3/c1-6(2)5-12-9(11)7(3)8(4)10/h6-8,10H,5H2,1-4H3. The zero-order valence-corrected chi connectivity index (χ0v) is 8.20. The van der Waals surface area contributed by atoms with Crippen LogP contribution in [0.3, 0.4) is 0 Å². The molecule has 0 aliphatic carbocycles. The van der Waals surface area contributed by atoms with Gasteiger partial charge in [0.2, 0.25) is 0 Å². The van der Waals surface area contributed by atoms with Gasteiger partial charge < -0.3 is 9.84 Å². The van der Waals surface area contributed by atoms with E-state index in [0.29, 0.717) is 12.5 Å². The number of rotatable bonds is 4. The fraction of sp³-hybridized carbons (Fsp3) is 0.889. The Hall–Kier alpha value is -0.570. The maximum atomic E-state index is 11.1. The lowest BCUT2D eigenvalue weighted by molar-refractivity contribution is -0.152. The second-order valence-corrected chi connectivity index (χ2v) is 3.55. The van der Waals surface area contributed by atoms with Gasteiger partial charge in [-0.25, -0.2) is 0 Å². The summed E-state index contributed by atoms with van der Waals surface area (Å²) in [6.45, 7) is 7.62. The van der Waals surface area contributed by atoms with Crippen molar-refractivity contribution in [2.75, 3.05) is 6.61 Å². The average molecular weight is 174 g/mol. The number of ether oxygens (including phenoxy) is 1. The Kier molecular flexibility index (Phi) is 4.90. The van der Waals surface area contributed by atoms with E-state index in [1.54, 1.807) is 13.8 Å². The lowest BCUT2D eigenvalue weighted by Crippen LogP contribution is -2.26. The smallest absolute Gasteiger partial charge is 0.311 e. The molecule has 2 unspecified atom stereocenters. The summed E-state index contributed by atoms with van der Waals surface area (Å²) >= 11 is 0. The van der Waals surface area contributed by atoms with Gasteiger partial charge in [0.15, 0.2) is 0 Å². The molecule has 72 valence electrons. The van der Waals surface area contributed by atoms with Crippen molar-refractivity contribution in [2.45, 2.75) is 33.8 Å². The molecule has 0 aromatic heterocycles. The van der Waals surface area contributed by atoms with Gasteiger partial charge in [-0.2, -0.15) is 0 Å². The first-order chi connectivity index (χ1) is 5.45. The molecule has 0 saturated carbocycles. The third-order valence-corrected chi connectivity index (χ3v) is 1.65. The molecule has 0 heterocycles. The van der Waals surface area contributed by atoms with Gasteiger partial charge in [0.1, 0.15) is 0 Å². The minimum atomic E-state index is -0.635. The Balaban J connectivity index is 3.72. The first kappa shape index (κ1) is 11.4. The topological polar surface area (TPSA) is 46.5 Å². The third-order valence-electron chi connectivity index (χ3n) is 1.65. The molecular formula is C9H18O3. The number of esters is 1. The minimum absolute atomic E-state index is 0.321. The Morgan fingerprint density at radius 3 is 2.17 bits per heavy atom. The zero-order chi connectivity index (χ0) is 9.72. The van der Waals surface area contributed by atoms with Gasteiger partial charge >= 0.3 is 5.97 Å². The molecule has 0 aromatic carbocycles. The molecule has 0 rings (SSSR count). The molecule has 0 spiro atoms. The molecule has 3 nitrogen and oxygen atoms in total. The largest absolute Gasteiger partial charge is 0.465 e. The van der Waals surface area contributed by atoms with E-state index in [1.807, 2.05) is 13.8 Å². The fourth-order valence-corrected chi connectivity index (χ4v) is 0.577. The summed E-state index contributed by atoms with van der Waals surface area (Å²) in [6.07, 6.45) is -0.635. The monoisotopic (exact) mass is 174 g/mol. The molecule has 3 heteroatoms. The van der Waals surface area contributed by atoms with E-state index in [2.05, 4.69) is 0 Å². The van der Waals surface area contributed by atoms with Crippen LogP contribution in [0.4, 0.5) is 0 Å². The van der Waals surface area contributed by atoms with Crippen molar-refractivity contribution in [2.24, 2.45) is 11.8 Å². The van der Waals surface area contributed by atoms with Crippen LogP contribution in [-0.4, -0.2) is 23.8 Å². The van der Waals surface area contributed by atoms with Gasteiger partial charge in [-0.15, -0.1) is 0 Å². The maximum absolute atomic E-state index is 11.1. The number of carbonyl (C=O) groups excluding carboxylic acids is 1. The summed E-state index contributed by atoms with van der Waals surface area (Å²) in [4.78, 5) is 11.1. The Morgan fingerprint density at radius 1 is 1.33 bits per heavy atom. The van der Waals surface area contributed by atoms with Gasteiger partial charge in [0.25, 0.3) is 0 Å². The second-order valence-electron chi connectivity index (χ2n) is 3.55. The van der Waals surface area contributed by atoms with Crippen molar-refractivity contribution in [1.29, 1.82) is 0 Å². The summed E-state index contributed by atoms with van der Waals surface area (Å²) < 4.78 is 4.93. The van der Waals surface area contributed by atoms with Gasteiger partial charge in [-0.3, -0.25) is 4.79 Å². The minimum Gasteiger partial charge on any atom is -0.465 e. The van der Waals surface area contributed by atoms with E-state index in [1.165, 1.54) is 0 Å². The number of hydrogen-bond donors (Lipinski definition) is 1. The summed E-state index contributed by atoms with van der Waals surface area (Å²) in [7, 11) is 0. The van der Waals surface area contributed by atoms with Crippen LogP contribution >= 0.6 is 0 Å². The summed E-state index contributed by atoms with van der Waals surface area (Å²) in [5, 5.41) is 9.06. The first-order valence-corrected chi connectivity index (χ1v) is 4.29. The molecule has 0 saturated heterocycles. The molecule has 0 amide bonds. The predicted molar refractivity (Wildman–Crippen MR) is 46.6 cm³/mol. The molecule has 0 aliphatic heterocycles. The molecule has 0 fully saturated rings. The van der Waals surface area contributed by atoms with Crippen LogP contribution in [0.1, 0.15) is 27.7 Å². The third kappa shape index (κ3) is 4.34. The molecular weight excluding hydrogens is 156 g/mol. The second kappa shape index (κ2) is 5.14. The van der Waals surface area contributed by atoms with Crippen LogP contribution in [-0.2, 0) is 9.53 Å². The van der Waals surface area contributed by atoms with E-state index in [0.717, 1.165) is 0 Å². The molecule has 0 radical (unpaired) electrons. The van der Waals surface area contributed by atoms with Gasteiger partial charge in [-0.1, -0.05) is 13.8 Å². The van der Waals surface area contributed by atoms with Gasteiger partial charge in [0.05, 0.1) is 18.6 Å². The highest BCUT2D eigenvalue weighted by Crippen LogP contribution is 2.05. The maximum Gasteiger partial charge on any atom is 0.311 e. The van der Waals surface area contributed by atoms with Crippen LogP contribution in [0.2, 0.25) is 0 Å². The molecule has 2 atom stereocenters. The van der Waals surface area contributed by atoms with Crippen molar-refractivity contribution in [1.82, 2.24) is 0 Å². The quantitative estimate of drug-likeness (QED) is 0.651. The molecule has 0 aromatic rings. The van der Waals surface area contributed by atoms with Crippen molar-refractivity contribution in [3.8, 4) is 0 Å². The zero-order valence-electron chi connectivity index (χ0n) is 8.20. The Bertz CT molecular complexity index is 141. The number of carbonyl (C=O) groups is 1. The summed E-state index contributed by atoms with van der Waals surface area (Å²) in [5.74, 6) is -0.405. The molecule has 0 aliphatic rings. The highest BCUT2D eigenvalue weighted by molar-refractivity contribution is 5.72. The van der Waals surface area contributed by atoms with Crippen LogP contribution in [0.5, 0.6) is 0 Å². The lowest BCUT2D eigenvalue weighted by atomic mass is 10.1. The van der Waals surface area contributed by atoms with E-state index in [-0.39, 0.29) is 5.97 Å². The fourth-order valence-electron chi connectivity index (χ4n) is 0.577. The van der Waals surface area contributed by atoms with Crippen LogP contribution in [0, 0.1) is 11.8 Å². The average Bonchev–Trinajstić information content (AvgIpc) is 1.98. The normalized spacial score (nSPS) is 15.8. The first-order valence-electron chi connectivity index (χ1n) is 4.29. The van der Waals surface area contributed by atoms with Gasteiger partial charge in [0, 0.05) is 0 Å². The van der Waals surface area contributed by atoms with Crippen molar-refractivity contribution < 1.29 is 14.6 Å². The van der Waals surface area contributed by atoms with E-state index in [4.69, 9.17) is 9.84 Å². The van der Waals surface area contributed by atoms with E-state index >= 15 is 0 Å². The highest BCUT2D eigenvalue weighted by atomic mass is 16.5. The van der Waals surface area contributed by atoms with Crippen molar-refractivity contribution in [3.63, 3.8) is 0 Å². The van der Waals surface area contributed by atoms with E-state index in [9.17, 15) is 4.79 Å². The lowest BCUT2D eigenvalue weighted by Gasteiger charge is -2.14. The number of aliphatic hydroxyl groups is 1. The predicted octanol–water partition coefficient (Wildman–Crippen LogP) is 1.20. The van der Waals surface area contributed by atoms with Gasteiger partial charge in [-0.05, 0) is 19.8 Å². The number of aliphatic hydroxyl groups excluding tert-OH is 1. The van der Waals surface area contributed by atoms with Crippen molar-refractivity contribution >= 4 is 5.97 Å². The molecule has 12 heavy (non-hydrogen) atoms. The van der Waals surface area contributed by atoms with Crippen LogP contribution in [0.15, 0.2) is 0 Å². The SMILES string of the molecule is CC(C)COC(=O)C(C)C(C)O. The highest BCUT2D eigenvalue weighted by Gasteiger charge is 2.19. The number of hydrogen-bond acceptors (Lipinski definition) is 3. The Labute approximate surface area is 73.7 Å². The molecule has 0 bridgehead atoms. The molecule has 1 N–H and O–H groups in total. The van der Waals surface area contributed by atoms with E-state index < -0.39 is 12.0 Å². The summed E-state index contributed by atoms with van der Waals surface area (Å²) in [6, 6.07) is 0. The van der Waals surface area contributed by atoms with Crippen LogP contribution < -0.4 is 0 Å². The van der Waals surface area contributed by atoms with Crippen molar-refractivity contribution in [3.05, 3.63) is 0 Å². The Morgan fingerprint density at radius 2 is 1.83 bits per heavy atom.